The van der Waals surface area contributed by atoms with Crippen LogP contribution in [-0.4, -0.2) is 18.7 Å². The minimum Gasteiger partial charge on any atom is -0.461 e. The van der Waals surface area contributed by atoms with E-state index >= 15 is 0 Å². The summed E-state index contributed by atoms with van der Waals surface area (Å²) in [7, 11) is 0. The van der Waals surface area contributed by atoms with Gasteiger partial charge >= 0.3 is 5.97 Å². The maximum atomic E-state index is 11.4. The van der Waals surface area contributed by atoms with Gasteiger partial charge in [0.15, 0.2) is 0 Å². The molecule has 92 valence electrons. The molecule has 1 saturated heterocycles. The van der Waals surface area contributed by atoms with E-state index in [2.05, 4.69) is 0 Å². The van der Waals surface area contributed by atoms with Crippen LogP contribution < -0.4 is 0 Å². The van der Waals surface area contributed by atoms with Gasteiger partial charge in [-0.05, 0) is 18.4 Å². The van der Waals surface area contributed by atoms with E-state index in [0.717, 1.165) is 31.4 Å². The number of unbranched alkanes of at least 4 members (excludes halogenated alkanes) is 1. The Balaban J connectivity index is 1.54. The number of carbonyl (C=O) groups is 1. The highest BCUT2D eigenvalue weighted by Crippen LogP contribution is 2.17. The van der Waals surface area contributed by atoms with Crippen LogP contribution >= 0.6 is 0 Å². The van der Waals surface area contributed by atoms with E-state index in [1.807, 2.05) is 30.3 Å². The quantitative estimate of drug-likeness (QED) is 0.413. The zero-order valence-electron chi connectivity index (χ0n) is 9.93. The number of rotatable bonds is 7. The maximum absolute atomic E-state index is 11.4. The van der Waals surface area contributed by atoms with Gasteiger partial charge in [0.1, 0.15) is 6.61 Å². The van der Waals surface area contributed by atoms with Crippen LogP contribution in [0.5, 0.6) is 0 Å². The minimum atomic E-state index is -0.106. The van der Waals surface area contributed by atoms with Crippen molar-refractivity contribution in [2.75, 3.05) is 6.61 Å². The molecule has 1 aromatic rings. The first-order valence-corrected chi connectivity index (χ1v) is 6.16. The van der Waals surface area contributed by atoms with Crippen molar-refractivity contribution in [1.29, 1.82) is 0 Å². The molecule has 1 unspecified atom stereocenters. The molecule has 2 rings (SSSR count). The van der Waals surface area contributed by atoms with Crippen LogP contribution in [0.4, 0.5) is 0 Å². The fraction of sp³-hybridized carbons (Fsp3) is 0.500. The number of carbonyl (C=O) groups excluding carboxylic acids is 1. The molecule has 0 aromatic heterocycles. The second-order valence-corrected chi connectivity index (χ2v) is 4.35. The summed E-state index contributed by atoms with van der Waals surface area (Å²) in [6.07, 6.45) is 4.00. The van der Waals surface area contributed by atoms with E-state index in [1.165, 1.54) is 0 Å². The van der Waals surface area contributed by atoms with Crippen molar-refractivity contribution in [2.24, 2.45) is 0 Å². The lowest BCUT2D eigenvalue weighted by molar-refractivity contribution is -0.145. The van der Waals surface area contributed by atoms with Gasteiger partial charge in [-0.1, -0.05) is 36.8 Å². The highest BCUT2D eigenvalue weighted by Gasteiger charge is 2.21. The minimum absolute atomic E-state index is 0.106. The Morgan fingerprint density at radius 1 is 1.29 bits per heavy atom. The average Bonchev–Trinajstić information content (AvgIpc) is 3.17. The summed E-state index contributed by atoms with van der Waals surface area (Å²) >= 11 is 0. The Morgan fingerprint density at radius 3 is 2.76 bits per heavy atom. The molecule has 0 saturated carbocycles. The molecule has 0 radical (unpaired) electrons. The molecule has 1 aliphatic rings. The van der Waals surface area contributed by atoms with Crippen molar-refractivity contribution in [3.63, 3.8) is 0 Å². The summed E-state index contributed by atoms with van der Waals surface area (Å²) in [6, 6.07) is 9.75. The zero-order valence-corrected chi connectivity index (χ0v) is 9.93. The van der Waals surface area contributed by atoms with Gasteiger partial charge in [-0.15, -0.1) is 0 Å². The summed E-state index contributed by atoms with van der Waals surface area (Å²) in [5, 5.41) is 0. The molecule has 3 heteroatoms. The van der Waals surface area contributed by atoms with Gasteiger partial charge in [-0.25, -0.2) is 0 Å². The monoisotopic (exact) mass is 234 g/mol. The van der Waals surface area contributed by atoms with Crippen molar-refractivity contribution < 1.29 is 14.3 Å². The predicted molar refractivity (Wildman–Crippen MR) is 64.4 cm³/mol. The average molecular weight is 234 g/mol. The van der Waals surface area contributed by atoms with Crippen molar-refractivity contribution in [3.05, 3.63) is 35.9 Å². The third-order valence-corrected chi connectivity index (χ3v) is 2.80. The second-order valence-electron chi connectivity index (χ2n) is 4.35. The van der Waals surface area contributed by atoms with Gasteiger partial charge in [0, 0.05) is 6.42 Å². The van der Waals surface area contributed by atoms with Gasteiger partial charge < -0.3 is 9.47 Å². The van der Waals surface area contributed by atoms with Crippen LogP contribution in [0, 0.1) is 0 Å². The number of hydrogen-bond donors (Lipinski definition) is 0. The molecular weight excluding hydrogens is 216 g/mol. The van der Waals surface area contributed by atoms with E-state index in [9.17, 15) is 4.79 Å². The van der Waals surface area contributed by atoms with Gasteiger partial charge in [0.25, 0.3) is 0 Å². The lowest BCUT2D eigenvalue weighted by Crippen LogP contribution is -2.04. The Morgan fingerprint density at radius 2 is 2.06 bits per heavy atom. The van der Waals surface area contributed by atoms with Crippen LogP contribution in [0.2, 0.25) is 0 Å². The molecule has 0 bridgehead atoms. The van der Waals surface area contributed by atoms with Gasteiger partial charge in [0.2, 0.25) is 0 Å². The van der Waals surface area contributed by atoms with Crippen LogP contribution in [0.25, 0.3) is 0 Å². The van der Waals surface area contributed by atoms with E-state index in [0.29, 0.717) is 19.1 Å². The first-order valence-electron chi connectivity index (χ1n) is 6.16. The van der Waals surface area contributed by atoms with Crippen LogP contribution in [-0.2, 0) is 20.9 Å². The van der Waals surface area contributed by atoms with Crippen molar-refractivity contribution in [1.82, 2.24) is 0 Å². The molecule has 3 nitrogen and oxygen atoms in total. The molecule has 1 atom stereocenters. The normalized spacial score (nSPS) is 17.8. The topological polar surface area (TPSA) is 38.8 Å². The van der Waals surface area contributed by atoms with E-state index in [-0.39, 0.29) is 5.97 Å². The largest absolute Gasteiger partial charge is 0.461 e. The molecule has 0 N–H and O–H groups in total. The van der Waals surface area contributed by atoms with Crippen molar-refractivity contribution in [3.8, 4) is 0 Å². The SMILES string of the molecule is O=C(CCCCC1CO1)OCc1ccccc1. The van der Waals surface area contributed by atoms with E-state index < -0.39 is 0 Å². The van der Waals surface area contributed by atoms with Crippen LogP contribution in [0.15, 0.2) is 30.3 Å². The summed E-state index contributed by atoms with van der Waals surface area (Å²) in [6.45, 7) is 1.28. The summed E-state index contributed by atoms with van der Waals surface area (Å²) in [4.78, 5) is 11.4. The van der Waals surface area contributed by atoms with Crippen LogP contribution in [0.1, 0.15) is 31.2 Å². The fourth-order valence-electron chi connectivity index (χ4n) is 1.69. The van der Waals surface area contributed by atoms with Gasteiger partial charge in [-0.2, -0.15) is 0 Å². The summed E-state index contributed by atoms with van der Waals surface area (Å²) < 4.78 is 10.3. The molecule has 0 spiro atoms. The highest BCUT2D eigenvalue weighted by atomic mass is 16.6. The lowest BCUT2D eigenvalue weighted by Gasteiger charge is -2.04. The van der Waals surface area contributed by atoms with Gasteiger partial charge in [0.05, 0.1) is 12.7 Å². The molecule has 1 aliphatic heterocycles. The number of epoxide rings is 1. The molecule has 17 heavy (non-hydrogen) atoms. The number of ether oxygens (including phenoxy) is 2. The molecule has 1 aromatic carbocycles. The lowest BCUT2D eigenvalue weighted by atomic mass is 10.1. The molecule has 0 aliphatic carbocycles. The summed E-state index contributed by atoms with van der Waals surface area (Å²) in [5.74, 6) is -0.106. The Bertz CT molecular complexity index is 344. The third kappa shape index (κ3) is 5.00. The van der Waals surface area contributed by atoms with E-state index in [4.69, 9.17) is 9.47 Å². The van der Waals surface area contributed by atoms with Gasteiger partial charge in [-0.3, -0.25) is 4.79 Å². The van der Waals surface area contributed by atoms with Crippen molar-refractivity contribution >= 4 is 5.97 Å². The predicted octanol–water partition coefficient (Wildman–Crippen LogP) is 2.69. The Hall–Kier alpha value is -1.35. The fourth-order valence-corrected chi connectivity index (χ4v) is 1.69. The zero-order chi connectivity index (χ0) is 11.9. The number of esters is 1. The number of hydrogen-bond acceptors (Lipinski definition) is 3. The smallest absolute Gasteiger partial charge is 0.306 e. The summed E-state index contributed by atoms with van der Waals surface area (Å²) in [5.41, 5.74) is 1.03. The standard InChI is InChI=1S/C14H18O3/c15-14(9-5-4-8-13-11-16-13)17-10-12-6-2-1-3-7-12/h1-3,6-7,13H,4-5,8-11H2. The highest BCUT2D eigenvalue weighted by molar-refractivity contribution is 5.69. The maximum Gasteiger partial charge on any atom is 0.306 e. The first kappa shape index (κ1) is 12.1. The number of benzene rings is 1. The second kappa shape index (κ2) is 6.40. The van der Waals surface area contributed by atoms with Crippen LogP contribution in [0.3, 0.4) is 0 Å². The van der Waals surface area contributed by atoms with E-state index in [1.54, 1.807) is 0 Å². The third-order valence-electron chi connectivity index (χ3n) is 2.80. The first-order chi connectivity index (χ1) is 8.34. The molecule has 1 heterocycles. The molecule has 0 amide bonds. The van der Waals surface area contributed by atoms with Crippen molar-refractivity contribution in [2.45, 2.75) is 38.4 Å². The molecular formula is C14H18O3. The Kier molecular flexibility index (Phi) is 4.56. The molecule has 1 fully saturated rings. The Labute approximate surface area is 102 Å².